The van der Waals surface area contributed by atoms with Crippen LogP contribution in [0.15, 0.2) is 48.5 Å². The lowest BCUT2D eigenvalue weighted by Gasteiger charge is -2.07. The van der Waals surface area contributed by atoms with Crippen molar-refractivity contribution in [1.29, 1.82) is 0 Å². The fourth-order valence-corrected chi connectivity index (χ4v) is 2.09. The lowest BCUT2D eigenvalue weighted by Crippen LogP contribution is -2.01. The molecule has 0 aromatic heterocycles. The minimum Gasteiger partial charge on any atom is -0.493 e. The molecule has 0 atom stereocenters. The van der Waals surface area contributed by atoms with Gasteiger partial charge in [0.1, 0.15) is 6.61 Å². The van der Waals surface area contributed by atoms with Crippen LogP contribution in [0.2, 0.25) is 0 Å². The van der Waals surface area contributed by atoms with Gasteiger partial charge in [-0.3, -0.25) is 0 Å². The number of rotatable bonds is 6. The first kappa shape index (κ1) is 16.6. The highest BCUT2D eigenvalue weighted by molar-refractivity contribution is 5.87. The zero-order valence-electron chi connectivity index (χ0n) is 13.5. The van der Waals surface area contributed by atoms with Crippen LogP contribution in [-0.2, 0) is 16.1 Å². The van der Waals surface area contributed by atoms with Gasteiger partial charge in [-0.1, -0.05) is 30.3 Å². The standard InChI is InChI=1S/C19H20O4/c1-14-6-4-5-7-16(14)13-23-19(20)11-9-15-8-10-17(21-2)18(12-15)22-3/h4-12H,13H2,1-3H3/b11-9+. The SMILES string of the molecule is COc1ccc(/C=C/C(=O)OCc2ccccc2C)cc1OC. The zero-order valence-corrected chi connectivity index (χ0v) is 13.5. The summed E-state index contributed by atoms with van der Waals surface area (Å²) in [7, 11) is 3.15. The normalized spacial score (nSPS) is 10.6. The topological polar surface area (TPSA) is 44.8 Å². The van der Waals surface area contributed by atoms with Gasteiger partial charge in [-0.2, -0.15) is 0 Å². The summed E-state index contributed by atoms with van der Waals surface area (Å²) in [5.74, 6) is 0.873. The van der Waals surface area contributed by atoms with E-state index in [1.165, 1.54) is 6.08 Å². The van der Waals surface area contributed by atoms with Crippen molar-refractivity contribution in [1.82, 2.24) is 0 Å². The first-order valence-corrected chi connectivity index (χ1v) is 7.25. The number of carbonyl (C=O) groups excluding carboxylic acids is 1. The van der Waals surface area contributed by atoms with E-state index in [0.717, 1.165) is 16.7 Å². The van der Waals surface area contributed by atoms with E-state index < -0.39 is 0 Å². The number of esters is 1. The van der Waals surface area contributed by atoms with Crippen molar-refractivity contribution in [3.8, 4) is 11.5 Å². The second kappa shape index (κ2) is 8.03. The second-order valence-electron chi connectivity index (χ2n) is 4.98. The Bertz CT molecular complexity index is 704. The summed E-state index contributed by atoms with van der Waals surface area (Å²) in [5, 5.41) is 0. The van der Waals surface area contributed by atoms with Crippen LogP contribution in [0.3, 0.4) is 0 Å². The molecular formula is C19H20O4. The zero-order chi connectivity index (χ0) is 16.7. The molecule has 0 heterocycles. The van der Waals surface area contributed by atoms with Gasteiger partial charge in [0.25, 0.3) is 0 Å². The minimum atomic E-state index is -0.386. The smallest absolute Gasteiger partial charge is 0.331 e. The van der Waals surface area contributed by atoms with Gasteiger partial charge < -0.3 is 14.2 Å². The van der Waals surface area contributed by atoms with Crippen LogP contribution in [0.5, 0.6) is 11.5 Å². The van der Waals surface area contributed by atoms with Crippen LogP contribution >= 0.6 is 0 Å². The van der Waals surface area contributed by atoms with Gasteiger partial charge in [-0.15, -0.1) is 0 Å². The lowest BCUT2D eigenvalue weighted by molar-refractivity contribution is -0.138. The molecule has 0 unspecified atom stereocenters. The van der Waals surface area contributed by atoms with E-state index in [1.54, 1.807) is 32.4 Å². The Morgan fingerprint density at radius 3 is 2.48 bits per heavy atom. The number of methoxy groups -OCH3 is 2. The molecular weight excluding hydrogens is 292 g/mol. The highest BCUT2D eigenvalue weighted by Crippen LogP contribution is 2.27. The molecule has 2 aromatic carbocycles. The van der Waals surface area contributed by atoms with Gasteiger partial charge in [0, 0.05) is 6.08 Å². The van der Waals surface area contributed by atoms with E-state index in [-0.39, 0.29) is 12.6 Å². The highest BCUT2D eigenvalue weighted by Gasteiger charge is 2.04. The van der Waals surface area contributed by atoms with Crippen LogP contribution in [-0.4, -0.2) is 20.2 Å². The van der Waals surface area contributed by atoms with Crippen LogP contribution in [0.1, 0.15) is 16.7 Å². The first-order chi connectivity index (χ1) is 11.1. The molecule has 0 radical (unpaired) electrons. The van der Waals surface area contributed by atoms with Crippen molar-refractivity contribution in [3.05, 3.63) is 65.2 Å². The summed E-state index contributed by atoms with van der Waals surface area (Å²) < 4.78 is 15.7. The van der Waals surface area contributed by atoms with Gasteiger partial charge >= 0.3 is 5.97 Å². The van der Waals surface area contributed by atoms with Crippen molar-refractivity contribution in [2.24, 2.45) is 0 Å². The number of carbonyl (C=O) groups is 1. The molecule has 4 nitrogen and oxygen atoms in total. The first-order valence-electron chi connectivity index (χ1n) is 7.25. The average molecular weight is 312 g/mol. The Labute approximate surface area is 136 Å². The molecule has 0 aliphatic carbocycles. The predicted molar refractivity (Wildman–Crippen MR) is 89.6 cm³/mol. The Kier molecular flexibility index (Phi) is 5.80. The summed E-state index contributed by atoms with van der Waals surface area (Å²) in [6, 6.07) is 13.2. The number of ether oxygens (including phenoxy) is 3. The van der Waals surface area contributed by atoms with Gasteiger partial charge in [0.05, 0.1) is 14.2 Å². The van der Waals surface area contributed by atoms with Gasteiger partial charge in [0.15, 0.2) is 11.5 Å². The summed E-state index contributed by atoms with van der Waals surface area (Å²) in [4.78, 5) is 11.8. The van der Waals surface area contributed by atoms with E-state index in [4.69, 9.17) is 14.2 Å². The van der Waals surface area contributed by atoms with E-state index >= 15 is 0 Å². The molecule has 120 valence electrons. The van der Waals surface area contributed by atoms with E-state index in [9.17, 15) is 4.79 Å². The van der Waals surface area contributed by atoms with Crippen LogP contribution in [0, 0.1) is 6.92 Å². The molecule has 0 saturated heterocycles. The average Bonchev–Trinajstić information content (AvgIpc) is 2.58. The van der Waals surface area contributed by atoms with Crippen molar-refractivity contribution in [2.45, 2.75) is 13.5 Å². The maximum atomic E-state index is 11.8. The third-order valence-corrected chi connectivity index (χ3v) is 3.45. The third kappa shape index (κ3) is 4.61. The number of hydrogen-bond donors (Lipinski definition) is 0. The van der Waals surface area contributed by atoms with Crippen molar-refractivity contribution in [3.63, 3.8) is 0 Å². The monoisotopic (exact) mass is 312 g/mol. The molecule has 0 aliphatic heterocycles. The molecule has 0 spiro atoms. The van der Waals surface area contributed by atoms with Crippen molar-refractivity contribution in [2.75, 3.05) is 14.2 Å². The van der Waals surface area contributed by atoms with Gasteiger partial charge in [0.2, 0.25) is 0 Å². The molecule has 0 aliphatic rings. The Morgan fingerprint density at radius 1 is 1.04 bits per heavy atom. The quantitative estimate of drug-likeness (QED) is 0.601. The van der Waals surface area contributed by atoms with Crippen molar-refractivity contribution >= 4 is 12.0 Å². The number of benzene rings is 2. The fourth-order valence-electron chi connectivity index (χ4n) is 2.09. The summed E-state index contributed by atoms with van der Waals surface area (Å²) in [6.45, 7) is 2.25. The Hall–Kier alpha value is -2.75. The molecule has 2 aromatic rings. The maximum Gasteiger partial charge on any atom is 0.331 e. The summed E-state index contributed by atoms with van der Waals surface area (Å²) in [6.07, 6.45) is 3.08. The highest BCUT2D eigenvalue weighted by atomic mass is 16.5. The maximum absolute atomic E-state index is 11.8. The largest absolute Gasteiger partial charge is 0.493 e. The summed E-state index contributed by atoms with van der Waals surface area (Å²) >= 11 is 0. The molecule has 4 heteroatoms. The number of hydrogen-bond acceptors (Lipinski definition) is 4. The third-order valence-electron chi connectivity index (χ3n) is 3.45. The molecule has 0 N–H and O–H groups in total. The van der Waals surface area contributed by atoms with Crippen LogP contribution < -0.4 is 9.47 Å². The Morgan fingerprint density at radius 2 is 1.78 bits per heavy atom. The van der Waals surface area contributed by atoms with Gasteiger partial charge in [-0.05, 0) is 41.8 Å². The molecule has 0 amide bonds. The lowest BCUT2D eigenvalue weighted by atomic mass is 10.1. The molecule has 0 fully saturated rings. The van der Waals surface area contributed by atoms with E-state index in [2.05, 4.69) is 0 Å². The summed E-state index contributed by atoms with van der Waals surface area (Å²) in [5.41, 5.74) is 2.93. The predicted octanol–water partition coefficient (Wildman–Crippen LogP) is 3.77. The van der Waals surface area contributed by atoms with Crippen LogP contribution in [0.4, 0.5) is 0 Å². The molecule has 0 saturated carbocycles. The van der Waals surface area contributed by atoms with E-state index in [1.807, 2.05) is 37.3 Å². The molecule has 23 heavy (non-hydrogen) atoms. The van der Waals surface area contributed by atoms with Crippen molar-refractivity contribution < 1.29 is 19.0 Å². The Balaban J connectivity index is 1.97. The minimum absolute atomic E-state index is 0.266. The molecule has 0 bridgehead atoms. The van der Waals surface area contributed by atoms with E-state index in [0.29, 0.717) is 11.5 Å². The fraction of sp³-hybridized carbons (Fsp3) is 0.211. The van der Waals surface area contributed by atoms with Gasteiger partial charge in [-0.25, -0.2) is 4.79 Å². The molecule has 2 rings (SSSR count). The number of aryl methyl sites for hydroxylation is 1. The second-order valence-corrected chi connectivity index (χ2v) is 4.98. The van der Waals surface area contributed by atoms with Crippen LogP contribution in [0.25, 0.3) is 6.08 Å².